The summed E-state index contributed by atoms with van der Waals surface area (Å²) in [6.07, 6.45) is 4.75. The first-order valence-electron chi connectivity index (χ1n) is 17.3. The van der Waals surface area contributed by atoms with Gasteiger partial charge in [0.15, 0.2) is 12.4 Å². The van der Waals surface area contributed by atoms with Crippen LogP contribution in [0.2, 0.25) is 19.6 Å². The molecule has 0 saturated heterocycles. The van der Waals surface area contributed by atoms with Crippen molar-refractivity contribution in [2.45, 2.75) is 32.2 Å². The molecule has 0 N–H and O–H groups in total. The van der Waals surface area contributed by atoms with E-state index in [9.17, 15) is 0 Å². The van der Waals surface area contributed by atoms with Gasteiger partial charge in [-0.15, -0.1) is 9.13 Å². The van der Waals surface area contributed by atoms with Crippen molar-refractivity contribution in [2.24, 2.45) is 0 Å². The van der Waals surface area contributed by atoms with E-state index >= 15 is 0 Å². The van der Waals surface area contributed by atoms with Gasteiger partial charge in [0, 0.05) is 34.2 Å². The summed E-state index contributed by atoms with van der Waals surface area (Å²) >= 11 is 0. The van der Waals surface area contributed by atoms with E-state index in [1.807, 2.05) is 0 Å². The molecule has 0 fully saturated rings. The number of rotatable bonds is 1. The molecule has 3 aromatic heterocycles. The molecule has 0 aliphatic carbocycles. The summed E-state index contributed by atoms with van der Waals surface area (Å²) in [5.74, 6) is 0. The normalized spacial score (nSPS) is 16.2. The first-order chi connectivity index (χ1) is 23.8. The van der Waals surface area contributed by atoms with Crippen LogP contribution in [0.3, 0.4) is 0 Å². The predicted molar refractivity (Wildman–Crippen MR) is 203 cm³/mol. The number of benzene rings is 6. The third kappa shape index (κ3) is 3.32. The van der Waals surface area contributed by atoms with Gasteiger partial charge >= 0.3 is 5.66 Å². The van der Waals surface area contributed by atoms with Crippen molar-refractivity contribution in [3.63, 3.8) is 0 Å². The van der Waals surface area contributed by atoms with E-state index in [1.54, 1.807) is 0 Å². The SMILES string of the molecule is Cc1cc[n+]2c(c1)-c1c(ccc3c1oc1cc4c5ccccc5c5ccccc5c4cc13)C21c2ccccc2-c2ccc([Si](C)(C)C)c[n+]21. The fraction of sp³-hybridized carbons (Fsp3) is 0.111. The van der Waals surface area contributed by atoms with Gasteiger partial charge in [-0.3, -0.25) is 0 Å². The second-order valence-corrected chi connectivity index (χ2v) is 20.1. The van der Waals surface area contributed by atoms with E-state index in [4.69, 9.17) is 4.42 Å². The van der Waals surface area contributed by atoms with Crippen molar-refractivity contribution in [3.8, 4) is 22.5 Å². The largest absolute Gasteiger partial charge is 0.455 e. The van der Waals surface area contributed by atoms with Gasteiger partial charge in [-0.2, -0.15) is 0 Å². The molecule has 0 saturated carbocycles. The average molecular weight is 647 g/mol. The number of furan rings is 1. The quantitative estimate of drug-likeness (QED) is 0.0988. The molecule has 0 radical (unpaired) electrons. The standard InChI is InChI=1S/C45H34N2OSi/c1-27-21-22-46-41(23-27)43-39(45(46)38-16-10-9-15-34(38)40-20-17-28(26-47(40)45)49(2,3)4)19-18-33-37-24-35-31-13-7-5-11-29(31)30-12-6-8-14-32(30)36(35)25-42(37)48-44(33)43/h5-26H,1-4H3/q+2. The Balaban J connectivity index is 1.30. The fourth-order valence-electron chi connectivity index (χ4n) is 9.08. The van der Waals surface area contributed by atoms with Crippen LogP contribution in [0.25, 0.3) is 76.8 Å². The summed E-state index contributed by atoms with van der Waals surface area (Å²) in [5, 5.41) is 11.4. The highest BCUT2D eigenvalue weighted by molar-refractivity contribution is 6.88. The number of hydrogen-bond donors (Lipinski definition) is 0. The molecule has 4 heteroatoms. The average Bonchev–Trinajstić information content (AvgIpc) is 3.73. The molecule has 9 aromatic rings. The zero-order valence-corrected chi connectivity index (χ0v) is 29.0. The lowest BCUT2D eigenvalue weighted by Gasteiger charge is -2.20. The minimum Gasteiger partial charge on any atom is -0.455 e. The van der Waals surface area contributed by atoms with Crippen LogP contribution in [0.5, 0.6) is 0 Å². The van der Waals surface area contributed by atoms with Crippen LogP contribution in [0, 0.1) is 6.92 Å². The van der Waals surface area contributed by atoms with Crippen molar-refractivity contribution >= 4 is 67.5 Å². The number of aromatic nitrogens is 2. The Morgan fingerprint density at radius 2 is 1.22 bits per heavy atom. The molecule has 1 unspecified atom stereocenters. The molecule has 5 heterocycles. The molecule has 2 aliphatic rings. The summed E-state index contributed by atoms with van der Waals surface area (Å²) in [7, 11) is -1.62. The number of nitrogens with zero attached hydrogens (tertiary/aromatic N) is 2. The number of aryl methyl sites for hydroxylation is 1. The number of pyridine rings is 2. The number of hydrogen-bond acceptors (Lipinski definition) is 1. The second kappa shape index (κ2) is 9.10. The van der Waals surface area contributed by atoms with Crippen LogP contribution in [0.4, 0.5) is 0 Å². The van der Waals surface area contributed by atoms with Crippen molar-refractivity contribution < 1.29 is 13.6 Å². The maximum Gasteiger partial charge on any atom is 0.417 e. The summed E-state index contributed by atoms with van der Waals surface area (Å²) in [5.41, 5.74) is 10.0. The molecule has 6 aromatic carbocycles. The summed E-state index contributed by atoms with van der Waals surface area (Å²) in [6.45, 7) is 9.50. The Bertz CT molecular complexity index is 2950. The lowest BCUT2D eigenvalue weighted by Crippen LogP contribution is -2.72. The van der Waals surface area contributed by atoms with Crippen LogP contribution in [0.15, 0.2) is 138 Å². The Labute approximate surface area is 285 Å². The maximum atomic E-state index is 7.10. The molecule has 1 spiro atoms. The van der Waals surface area contributed by atoms with Crippen molar-refractivity contribution in [2.75, 3.05) is 0 Å². The molecule has 11 rings (SSSR count). The Hall–Kier alpha value is -5.58. The van der Waals surface area contributed by atoms with Crippen molar-refractivity contribution in [1.82, 2.24) is 0 Å². The molecule has 0 amide bonds. The van der Waals surface area contributed by atoms with Gasteiger partial charge in [0.1, 0.15) is 27.9 Å². The molecule has 1 atom stereocenters. The molecule has 0 bridgehead atoms. The molecule has 49 heavy (non-hydrogen) atoms. The molecular formula is C45H34N2OSi+2. The van der Waals surface area contributed by atoms with Gasteiger partial charge < -0.3 is 4.42 Å². The smallest absolute Gasteiger partial charge is 0.417 e. The van der Waals surface area contributed by atoms with Gasteiger partial charge in [0.25, 0.3) is 0 Å². The highest BCUT2D eigenvalue weighted by atomic mass is 28.3. The van der Waals surface area contributed by atoms with E-state index in [0.717, 1.165) is 21.9 Å². The summed E-state index contributed by atoms with van der Waals surface area (Å²) in [6, 6.07) is 45.2. The first kappa shape index (κ1) is 27.4. The lowest BCUT2D eigenvalue weighted by molar-refractivity contribution is -0.954. The second-order valence-electron chi connectivity index (χ2n) is 15.1. The predicted octanol–water partition coefficient (Wildman–Crippen LogP) is 9.73. The van der Waals surface area contributed by atoms with E-state index < -0.39 is 13.7 Å². The highest BCUT2D eigenvalue weighted by Gasteiger charge is 2.67. The third-order valence-corrected chi connectivity index (χ3v) is 13.4. The first-order valence-corrected chi connectivity index (χ1v) is 20.8. The summed E-state index contributed by atoms with van der Waals surface area (Å²) < 4.78 is 12.2. The Kier molecular flexibility index (Phi) is 5.08. The highest BCUT2D eigenvalue weighted by Crippen LogP contribution is 2.51. The molecular weight excluding hydrogens is 613 g/mol. The van der Waals surface area contributed by atoms with E-state index in [0.29, 0.717) is 0 Å². The van der Waals surface area contributed by atoms with Crippen LogP contribution >= 0.6 is 0 Å². The van der Waals surface area contributed by atoms with Gasteiger partial charge in [0.2, 0.25) is 11.4 Å². The zero-order chi connectivity index (χ0) is 32.8. The van der Waals surface area contributed by atoms with Crippen molar-refractivity contribution in [3.05, 3.63) is 150 Å². The molecule has 232 valence electrons. The Morgan fingerprint density at radius 3 is 1.96 bits per heavy atom. The van der Waals surface area contributed by atoms with Gasteiger partial charge in [-0.05, 0) is 81.2 Å². The van der Waals surface area contributed by atoms with Gasteiger partial charge in [-0.25, -0.2) is 0 Å². The minimum atomic E-state index is -1.62. The van der Waals surface area contributed by atoms with Crippen LogP contribution in [-0.4, -0.2) is 8.07 Å². The summed E-state index contributed by atoms with van der Waals surface area (Å²) in [4.78, 5) is 0. The van der Waals surface area contributed by atoms with E-state index in [2.05, 4.69) is 169 Å². The lowest BCUT2D eigenvalue weighted by atomic mass is 9.89. The van der Waals surface area contributed by atoms with Crippen LogP contribution < -0.4 is 14.3 Å². The van der Waals surface area contributed by atoms with Crippen LogP contribution in [-0.2, 0) is 5.66 Å². The van der Waals surface area contributed by atoms with Crippen molar-refractivity contribution in [1.29, 1.82) is 0 Å². The van der Waals surface area contributed by atoms with Gasteiger partial charge in [0.05, 0.1) is 13.6 Å². The van der Waals surface area contributed by atoms with E-state index in [-0.39, 0.29) is 0 Å². The van der Waals surface area contributed by atoms with Gasteiger partial charge in [-0.1, -0.05) is 86.4 Å². The van der Waals surface area contributed by atoms with Crippen LogP contribution in [0.1, 0.15) is 16.7 Å². The minimum absolute atomic E-state index is 0.565. The van der Waals surface area contributed by atoms with E-state index in [1.165, 1.54) is 76.7 Å². The zero-order valence-electron chi connectivity index (χ0n) is 28.0. The Morgan fingerprint density at radius 1 is 0.551 bits per heavy atom. The fourth-order valence-corrected chi connectivity index (χ4v) is 10.2. The number of fused-ring (bicyclic) bond motifs is 20. The topological polar surface area (TPSA) is 20.9 Å². The monoisotopic (exact) mass is 646 g/mol. The molecule has 2 aliphatic heterocycles. The molecule has 3 nitrogen and oxygen atoms in total. The third-order valence-electron chi connectivity index (χ3n) is 11.3. The maximum absolute atomic E-state index is 7.10.